The second-order valence-electron chi connectivity index (χ2n) is 6.06. The predicted octanol–water partition coefficient (Wildman–Crippen LogP) is 4.70. The summed E-state index contributed by atoms with van der Waals surface area (Å²) < 4.78 is 0. The number of hydrogen-bond donors (Lipinski definition) is 1. The van der Waals surface area contributed by atoms with Gasteiger partial charge in [-0.2, -0.15) is 0 Å². The van der Waals surface area contributed by atoms with Crippen molar-refractivity contribution in [2.45, 2.75) is 45.6 Å². The van der Waals surface area contributed by atoms with Crippen LogP contribution in [0.1, 0.15) is 38.7 Å². The third kappa shape index (κ3) is 4.46. The summed E-state index contributed by atoms with van der Waals surface area (Å²) in [6.07, 6.45) is 4.79. The summed E-state index contributed by atoms with van der Waals surface area (Å²) in [4.78, 5) is 0. The molecular formula is C15H21Cl2N. The van der Waals surface area contributed by atoms with Crippen LogP contribution in [0.5, 0.6) is 0 Å². The maximum Gasteiger partial charge on any atom is 0.0439 e. The van der Waals surface area contributed by atoms with E-state index in [2.05, 4.69) is 19.2 Å². The first-order valence-corrected chi connectivity index (χ1v) is 7.39. The number of rotatable bonds is 6. The van der Waals surface area contributed by atoms with Crippen LogP contribution in [-0.2, 0) is 6.42 Å². The molecule has 0 amide bonds. The first kappa shape index (κ1) is 14.2. The van der Waals surface area contributed by atoms with E-state index < -0.39 is 0 Å². The summed E-state index contributed by atoms with van der Waals surface area (Å²) in [5, 5.41) is 5.19. The summed E-state index contributed by atoms with van der Waals surface area (Å²) in [7, 11) is 0. The zero-order valence-corrected chi connectivity index (χ0v) is 12.6. The molecule has 0 aromatic heterocycles. The van der Waals surface area contributed by atoms with Crippen LogP contribution in [0.15, 0.2) is 18.2 Å². The van der Waals surface area contributed by atoms with Crippen LogP contribution in [0.2, 0.25) is 10.0 Å². The Hall–Kier alpha value is -0.240. The monoisotopic (exact) mass is 285 g/mol. The van der Waals surface area contributed by atoms with Crippen molar-refractivity contribution in [3.05, 3.63) is 33.8 Å². The van der Waals surface area contributed by atoms with E-state index in [0.717, 1.165) is 41.0 Å². The van der Waals surface area contributed by atoms with Crippen molar-refractivity contribution in [2.24, 2.45) is 5.41 Å². The summed E-state index contributed by atoms with van der Waals surface area (Å²) in [5.74, 6) is 0. The molecule has 2 rings (SSSR count). The predicted molar refractivity (Wildman–Crippen MR) is 79.6 cm³/mol. The first-order chi connectivity index (χ1) is 8.46. The zero-order valence-electron chi connectivity index (χ0n) is 11.1. The average Bonchev–Trinajstić information content (AvgIpc) is 3.12. The summed E-state index contributed by atoms with van der Waals surface area (Å²) in [6.45, 7) is 5.69. The molecule has 0 radical (unpaired) electrons. The van der Waals surface area contributed by atoms with E-state index in [1.807, 2.05) is 18.2 Å². The maximum atomic E-state index is 6.19. The van der Waals surface area contributed by atoms with E-state index in [0.29, 0.717) is 5.41 Å². The molecule has 0 spiro atoms. The molecule has 0 atom stereocenters. The Morgan fingerprint density at radius 3 is 2.67 bits per heavy atom. The van der Waals surface area contributed by atoms with E-state index in [-0.39, 0.29) is 0 Å². The van der Waals surface area contributed by atoms with E-state index in [4.69, 9.17) is 23.2 Å². The quantitative estimate of drug-likeness (QED) is 0.799. The topological polar surface area (TPSA) is 12.0 Å². The lowest BCUT2D eigenvalue weighted by Crippen LogP contribution is -2.31. The van der Waals surface area contributed by atoms with Crippen molar-refractivity contribution in [3.63, 3.8) is 0 Å². The molecule has 1 nitrogen and oxygen atoms in total. The molecule has 0 heterocycles. The minimum absolute atomic E-state index is 0.300. The van der Waals surface area contributed by atoms with E-state index >= 15 is 0 Å². The van der Waals surface area contributed by atoms with Gasteiger partial charge in [-0.1, -0.05) is 37.0 Å². The third-order valence-corrected chi connectivity index (χ3v) is 4.13. The number of nitrogens with one attached hydrogen (secondary N) is 1. The molecule has 3 heteroatoms. The van der Waals surface area contributed by atoms with Crippen molar-refractivity contribution in [3.8, 4) is 0 Å². The Labute approximate surface area is 120 Å². The van der Waals surface area contributed by atoms with Crippen LogP contribution in [0, 0.1) is 5.41 Å². The molecule has 1 aliphatic rings. The number of benzene rings is 1. The standard InChI is InChI=1S/C15H21Cl2N/c1-15(2,10-18-13-4-5-13)8-7-11-9-12(16)3-6-14(11)17/h3,6,9,13,18H,4-5,7-8,10H2,1-2H3. The SMILES string of the molecule is CC(C)(CCc1cc(Cl)ccc1Cl)CNC1CC1. The highest BCUT2D eigenvalue weighted by molar-refractivity contribution is 6.33. The summed E-state index contributed by atoms with van der Waals surface area (Å²) in [5.41, 5.74) is 1.46. The fourth-order valence-electron chi connectivity index (χ4n) is 2.00. The Kier molecular flexibility index (Phi) is 4.58. The molecule has 0 unspecified atom stereocenters. The van der Waals surface area contributed by atoms with Gasteiger partial charge < -0.3 is 5.32 Å². The Balaban J connectivity index is 1.86. The van der Waals surface area contributed by atoms with Crippen LogP contribution in [-0.4, -0.2) is 12.6 Å². The number of halogens is 2. The Morgan fingerprint density at radius 1 is 1.28 bits per heavy atom. The molecule has 0 bridgehead atoms. The van der Waals surface area contributed by atoms with Gasteiger partial charge in [0.2, 0.25) is 0 Å². The zero-order chi connectivity index (χ0) is 13.2. The molecule has 1 aliphatic carbocycles. The van der Waals surface area contributed by atoms with Crippen molar-refractivity contribution < 1.29 is 0 Å². The van der Waals surface area contributed by atoms with Gasteiger partial charge in [0.1, 0.15) is 0 Å². The van der Waals surface area contributed by atoms with Crippen LogP contribution in [0.4, 0.5) is 0 Å². The van der Waals surface area contributed by atoms with E-state index in [1.54, 1.807) is 0 Å². The van der Waals surface area contributed by atoms with Gasteiger partial charge in [-0.05, 0) is 54.9 Å². The van der Waals surface area contributed by atoms with Crippen molar-refractivity contribution >= 4 is 23.2 Å². The molecule has 0 saturated heterocycles. The second kappa shape index (κ2) is 5.81. The highest BCUT2D eigenvalue weighted by Crippen LogP contribution is 2.28. The van der Waals surface area contributed by atoms with Crippen LogP contribution >= 0.6 is 23.2 Å². The summed E-state index contributed by atoms with van der Waals surface area (Å²) in [6, 6.07) is 6.48. The lowest BCUT2D eigenvalue weighted by atomic mass is 9.86. The maximum absolute atomic E-state index is 6.19. The fraction of sp³-hybridized carbons (Fsp3) is 0.600. The molecule has 0 aliphatic heterocycles. The molecule has 1 aromatic carbocycles. The molecule has 18 heavy (non-hydrogen) atoms. The number of hydrogen-bond acceptors (Lipinski definition) is 1. The van der Waals surface area contributed by atoms with E-state index in [9.17, 15) is 0 Å². The highest BCUT2D eigenvalue weighted by atomic mass is 35.5. The van der Waals surface area contributed by atoms with Crippen molar-refractivity contribution in [1.29, 1.82) is 0 Å². The van der Waals surface area contributed by atoms with Gasteiger partial charge in [0, 0.05) is 22.6 Å². The van der Waals surface area contributed by atoms with Crippen LogP contribution in [0.25, 0.3) is 0 Å². The van der Waals surface area contributed by atoms with Crippen LogP contribution in [0.3, 0.4) is 0 Å². The Bertz CT molecular complexity index is 411. The van der Waals surface area contributed by atoms with Crippen molar-refractivity contribution in [1.82, 2.24) is 5.32 Å². The molecule has 1 saturated carbocycles. The lowest BCUT2D eigenvalue weighted by Gasteiger charge is -2.25. The molecule has 1 N–H and O–H groups in total. The third-order valence-electron chi connectivity index (χ3n) is 3.53. The summed E-state index contributed by atoms with van der Waals surface area (Å²) >= 11 is 12.2. The van der Waals surface area contributed by atoms with Crippen molar-refractivity contribution in [2.75, 3.05) is 6.54 Å². The van der Waals surface area contributed by atoms with Gasteiger partial charge in [-0.25, -0.2) is 0 Å². The van der Waals surface area contributed by atoms with E-state index in [1.165, 1.54) is 12.8 Å². The van der Waals surface area contributed by atoms with Gasteiger partial charge in [-0.3, -0.25) is 0 Å². The van der Waals surface area contributed by atoms with Gasteiger partial charge >= 0.3 is 0 Å². The molecular weight excluding hydrogens is 265 g/mol. The molecule has 100 valence electrons. The average molecular weight is 286 g/mol. The second-order valence-corrected chi connectivity index (χ2v) is 6.90. The Morgan fingerprint density at radius 2 is 2.00 bits per heavy atom. The largest absolute Gasteiger partial charge is 0.313 e. The fourth-order valence-corrected chi connectivity index (χ4v) is 2.41. The van der Waals surface area contributed by atoms with Crippen LogP contribution < -0.4 is 5.32 Å². The van der Waals surface area contributed by atoms with Gasteiger partial charge in [-0.15, -0.1) is 0 Å². The normalized spacial score (nSPS) is 16.0. The van der Waals surface area contributed by atoms with Gasteiger partial charge in [0.05, 0.1) is 0 Å². The lowest BCUT2D eigenvalue weighted by molar-refractivity contribution is 0.313. The molecule has 1 fully saturated rings. The minimum atomic E-state index is 0.300. The molecule has 1 aromatic rings. The first-order valence-electron chi connectivity index (χ1n) is 6.64. The highest BCUT2D eigenvalue weighted by Gasteiger charge is 2.25. The number of aryl methyl sites for hydroxylation is 1. The smallest absolute Gasteiger partial charge is 0.0439 e. The van der Waals surface area contributed by atoms with Gasteiger partial charge in [0.25, 0.3) is 0 Å². The van der Waals surface area contributed by atoms with Gasteiger partial charge in [0.15, 0.2) is 0 Å². The minimum Gasteiger partial charge on any atom is -0.313 e.